The van der Waals surface area contributed by atoms with Crippen molar-refractivity contribution in [1.82, 2.24) is 0 Å². The highest BCUT2D eigenvalue weighted by molar-refractivity contribution is 6.00. The van der Waals surface area contributed by atoms with Crippen molar-refractivity contribution in [3.05, 3.63) is 23.8 Å². The van der Waals surface area contributed by atoms with Crippen molar-refractivity contribution in [2.45, 2.75) is 6.92 Å². The van der Waals surface area contributed by atoms with E-state index in [2.05, 4.69) is 5.16 Å². The maximum Gasteiger partial charge on any atom is 0.173 e. The second kappa shape index (κ2) is 5.09. The summed E-state index contributed by atoms with van der Waals surface area (Å²) in [6.45, 7) is 2.33. The standard InChI is InChI=1S/C10H14N2O3/c1-3-15-9-7(10(11)12-13)5-4-6-8(9)14-2/h4-6,13H,3H2,1-2H3,(H2,11,12). The molecular formula is C10H14N2O3. The van der Waals surface area contributed by atoms with Crippen LogP contribution >= 0.6 is 0 Å². The summed E-state index contributed by atoms with van der Waals surface area (Å²) < 4.78 is 10.5. The molecule has 0 atom stereocenters. The van der Waals surface area contributed by atoms with Crippen LogP contribution in [0.15, 0.2) is 23.4 Å². The molecule has 3 N–H and O–H groups in total. The Morgan fingerprint density at radius 1 is 1.53 bits per heavy atom. The lowest BCUT2D eigenvalue weighted by Crippen LogP contribution is -2.15. The van der Waals surface area contributed by atoms with Gasteiger partial charge in [0, 0.05) is 0 Å². The summed E-state index contributed by atoms with van der Waals surface area (Å²) in [5.41, 5.74) is 6.03. The van der Waals surface area contributed by atoms with Crippen molar-refractivity contribution in [2.75, 3.05) is 13.7 Å². The molecule has 0 aliphatic heterocycles. The molecule has 0 heterocycles. The van der Waals surface area contributed by atoms with E-state index in [1.807, 2.05) is 6.92 Å². The van der Waals surface area contributed by atoms with Crippen LogP contribution in [0.25, 0.3) is 0 Å². The van der Waals surface area contributed by atoms with Gasteiger partial charge in [-0.2, -0.15) is 0 Å². The third kappa shape index (κ3) is 2.31. The van der Waals surface area contributed by atoms with Gasteiger partial charge in [0.1, 0.15) is 0 Å². The minimum atomic E-state index is -0.00245. The van der Waals surface area contributed by atoms with Gasteiger partial charge in [-0.1, -0.05) is 11.2 Å². The second-order valence-corrected chi connectivity index (χ2v) is 2.76. The number of benzene rings is 1. The van der Waals surface area contributed by atoms with Crippen molar-refractivity contribution in [3.63, 3.8) is 0 Å². The van der Waals surface area contributed by atoms with Gasteiger partial charge in [0.15, 0.2) is 17.3 Å². The summed E-state index contributed by atoms with van der Waals surface area (Å²) in [4.78, 5) is 0. The molecule has 0 aliphatic rings. The van der Waals surface area contributed by atoms with Crippen molar-refractivity contribution in [1.29, 1.82) is 0 Å². The summed E-state index contributed by atoms with van der Waals surface area (Å²) in [5, 5.41) is 11.5. The van der Waals surface area contributed by atoms with Crippen LogP contribution in [0, 0.1) is 0 Å². The molecular weight excluding hydrogens is 196 g/mol. The first-order valence-electron chi connectivity index (χ1n) is 4.52. The van der Waals surface area contributed by atoms with Crippen molar-refractivity contribution < 1.29 is 14.7 Å². The topological polar surface area (TPSA) is 77.1 Å². The van der Waals surface area contributed by atoms with E-state index in [0.717, 1.165) is 0 Å². The average molecular weight is 210 g/mol. The molecule has 0 bridgehead atoms. The molecule has 0 radical (unpaired) electrons. The lowest BCUT2D eigenvalue weighted by Gasteiger charge is -2.12. The van der Waals surface area contributed by atoms with E-state index in [9.17, 15) is 0 Å². The highest BCUT2D eigenvalue weighted by atomic mass is 16.5. The first kappa shape index (κ1) is 11.2. The summed E-state index contributed by atoms with van der Waals surface area (Å²) in [6, 6.07) is 5.19. The maximum atomic E-state index is 8.61. The number of nitrogens with zero attached hydrogens (tertiary/aromatic N) is 1. The van der Waals surface area contributed by atoms with Crippen LogP contribution in [0.4, 0.5) is 0 Å². The van der Waals surface area contributed by atoms with E-state index in [1.165, 1.54) is 7.11 Å². The first-order valence-corrected chi connectivity index (χ1v) is 4.52. The summed E-state index contributed by atoms with van der Waals surface area (Å²) >= 11 is 0. The SMILES string of the molecule is CCOc1c(OC)cccc1/C(N)=N/O. The van der Waals surface area contributed by atoms with Gasteiger partial charge in [0.05, 0.1) is 19.3 Å². The molecule has 5 nitrogen and oxygen atoms in total. The Hall–Kier alpha value is -1.91. The largest absolute Gasteiger partial charge is 0.493 e. The van der Waals surface area contributed by atoms with Gasteiger partial charge in [-0.3, -0.25) is 0 Å². The van der Waals surface area contributed by atoms with E-state index < -0.39 is 0 Å². The van der Waals surface area contributed by atoms with Gasteiger partial charge >= 0.3 is 0 Å². The zero-order valence-corrected chi connectivity index (χ0v) is 8.73. The minimum Gasteiger partial charge on any atom is -0.493 e. The summed E-state index contributed by atoms with van der Waals surface area (Å²) in [5.74, 6) is 1.04. The van der Waals surface area contributed by atoms with Gasteiger partial charge < -0.3 is 20.4 Å². The lowest BCUT2D eigenvalue weighted by molar-refractivity contribution is 0.307. The van der Waals surface area contributed by atoms with Gasteiger partial charge in [0.25, 0.3) is 0 Å². The van der Waals surface area contributed by atoms with Gasteiger partial charge in [-0.05, 0) is 19.1 Å². The van der Waals surface area contributed by atoms with Gasteiger partial charge in [-0.25, -0.2) is 0 Å². The third-order valence-corrected chi connectivity index (χ3v) is 1.87. The normalized spacial score (nSPS) is 11.2. The number of ether oxygens (including phenoxy) is 2. The number of rotatable bonds is 4. The molecule has 0 aromatic heterocycles. The molecule has 0 spiro atoms. The number of methoxy groups -OCH3 is 1. The predicted molar refractivity (Wildman–Crippen MR) is 56.7 cm³/mol. The molecule has 5 heteroatoms. The molecule has 0 aliphatic carbocycles. The van der Waals surface area contributed by atoms with Crippen molar-refractivity contribution in [3.8, 4) is 11.5 Å². The van der Waals surface area contributed by atoms with Gasteiger partial charge in [0.2, 0.25) is 0 Å². The summed E-state index contributed by atoms with van der Waals surface area (Å²) in [7, 11) is 1.54. The molecule has 82 valence electrons. The number of amidine groups is 1. The van der Waals surface area contributed by atoms with Crippen molar-refractivity contribution in [2.24, 2.45) is 10.9 Å². The molecule has 0 saturated carbocycles. The quantitative estimate of drug-likeness (QED) is 0.338. The van der Waals surface area contributed by atoms with Crippen LogP contribution in [0.2, 0.25) is 0 Å². The van der Waals surface area contributed by atoms with Crippen LogP contribution < -0.4 is 15.2 Å². The van der Waals surface area contributed by atoms with E-state index in [4.69, 9.17) is 20.4 Å². The van der Waals surface area contributed by atoms with Crippen LogP contribution in [-0.2, 0) is 0 Å². The molecule has 0 amide bonds. The molecule has 0 unspecified atom stereocenters. The molecule has 1 rings (SSSR count). The van der Waals surface area contributed by atoms with E-state index in [1.54, 1.807) is 18.2 Å². The Bertz CT molecular complexity index is 364. The molecule has 0 saturated heterocycles. The molecule has 0 fully saturated rings. The Morgan fingerprint density at radius 3 is 2.80 bits per heavy atom. The number of hydrogen-bond acceptors (Lipinski definition) is 4. The zero-order valence-electron chi connectivity index (χ0n) is 8.73. The van der Waals surface area contributed by atoms with Crippen LogP contribution in [0.3, 0.4) is 0 Å². The lowest BCUT2D eigenvalue weighted by atomic mass is 10.1. The molecule has 15 heavy (non-hydrogen) atoms. The number of hydrogen-bond donors (Lipinski definition) is 2. The maximum absolute atomic E-state index is 8.61. The van der Waals surface area contributed by atoms with Crippen LogP contribution in [0.1, 0.15) is 12.5 Å². The molecule has 1 aromatic carbocycles. The monoisotopic (exact) mass is 210 g/mol. The summed E-state index contributed by atoms with van der Waals surface area (Å²) in [6.07, 6.45) is 0. The zero-order chi connectivity index (χ0) is 11.3. The second-order valence-electron chi connectivity index (χ2n) is 2.76. The minimum absolute atomic E-state index is 0.00245. The fraction of sp³-hybridized carbons (Fsp3) is 0.300. The van der Waals surface area contributed by atoms with E-state index >= 15 is 0 Å². The fourth-order valence-electron chi connectivity index (χ4n) is 1.23. The van der Waals surface area contributed by atoms with E-state index in [-0.39, 0.29) is 5.84 Å². The predicted octanol–water partition coefficient (Wildman–Crippen LogP) is 1.19. The Morgan fingerprint density at radius 2 is 2.27 bits per heavy atom. The average Bonchev–Trinajstić information content (AvgIpc) is 2.28. The number of oxime groups is 1. The first-order chi connectivity index (χ1) is 7.24. The fourth-order valence-corrected chi connectivity index (χ4v) is 1.23. The van der Waals surface area contributed by atoms with Crippen molar-refractivity contribution >= 4 is 5.84 Å². The Balaban J connectivity index is 3.24. The Kier molecular flexibility index (Phi) is 3.79. The van der Waals surface area contributed by atoms with Gasteiger partial charge in [-0.15, -0.1) is 0 Å². The highest BCUT2D eigenvalue weighted by Gasteiger charge is 2.13. The van der Waals surface area contributed by atoms with Crippen LogP contribution in [0.5, 0.6) is 11.5 Å². The highest BCUT2D eigenvalue weighted by Crippen LogP contribution is 2.30. The Labute approximate surface area is 88.1 Å². The third-order valence-electron chi connectivity index (χ3n) is 1.87. The van der Waals surface area contributed by atoms with E-state index in [0.29, 0.717) is 23.7 Å². The smallest absolute Gasteiger partial charge is 0.173 e. The molecule has 1 aromatic rings. The number of nitrogens with two attached hydrogens (primary N) is 1. The number of para-hydroxylation sites is 1. The van der Waals surface area contributed by atoms with Crippen LogP contribution in [-0.4, -0.2) is 24.8 Å².